The van der Waals surface area contributed by atoms with Crippen molar-refractivity contribution in [2.24, 2.45) is 4.99 Å². The second-order valence-corrected chi connectivity index (χ2v) is 12.1. The van der Waals surface area contributed by atoms with Crippen LogP contribution in [0.1, 0.15) is 34.9 Å². The highest BCUT2D eigenvalue weighted by atomic mass is 35.5. The Morgan fingerprint density at radius 3 is 2.55 bits per heavy atom. The summed E-state index contributed by atoms with van der Waals surface area (Å²) in [5.41, 5.74) is 5.00. The Morgan fingerprint density at radius 2 is 1.74 bits per heavy atom. The van der Waals surface area contributed by atoms with E-state index in [0.29, 0.717) is 31.4 Å². The molecule has 2 aromatic heterocycles. The molecule has 0 bridgehead atoms. The summed E-state index contributed by atoms with van der Waals surface area (Å²) in [5.74, 6) is 0.765. The Hall–Kier alpha value is -3.95. The van der Waals surface area contributed by atoms with Gasteiger partial charge in [-0.2, -0.15) is 0 Å². The molecular weight excluding hydrogens is 617 g/mol. The number of hydrogen-bond acceptors (Lipinski definition) is 6. The van der Waals surface area contributed by atoms with Crippen LogP contribution in [0.4, 0.5) is 5.69 Å². The van der Waals surface area contributed by atoms with E-state index in [9.17, 15) is 14.9 Å². The summed E-state index contributed by atoms with van der Waals surface area (Å²) in [4.78, 5) is 30.2. The van der Waals surface area contributed by atoms with Gasteiger partial charge in [0.15, 0.2) is 4.80 Å². The molecule has 7 nitrogen and oxygen atoms in total. The maximum Gasteiger partial charge on any atom is 0.289 e. The van der Waals surface area contributed by atoms with E-state index in [4.69, 9.17) is 44.2 Å². The molecule has 3 heterocycles. The molecule has 0 unspecified atom stereocenters. The lowest BCUT2D eigenvalue weighted by molar-refractivity contribution is -0.384. The van der Waals surface area contributed by atoms with Gasteiger partial charge in [0.2, 0.25) is 0 Å². The number of fused-ring (bicyclic) bond motifs is 3. The first kappa shape index (κ1) is 26.9. The zero-order valence-corrected chi connectivity index (χ0v) is 24.6. The molecule has 0 amide bonds. The molecule has 208 valence electrons. The number of furan rings is 1. The predicted octanol–water partition coefficient (Wildman–Crippen LogP) is 7.45. The van der Waals surface area contributed by atoms with Gasteiger partial charge in [0.1, 0.15) is 16.5 Å². The number of nitrogens with zero attached hydrogens (tertiary/aromatic N) is 3. The van der Waals surface area contributed by atoms with Crippen molar-refractivity contribution >= 4 is 63.6 Å². The van der Waals surface area contributed by atoms with E-state index in [1.165, 1.54) is 29.0 Å². The molecule has 1 aliphatic carbocycles. The minimum atomic E-state index is -0.600. The number of halogens is 3. The monoisotopic (exact) mass is 633 g/mol. The summed E-state index contributed by atoms with van der Waals surface area (Å²) in [6, 6.07) is 21.4. The molecule has 0 saturated carbocycles. The van der Waals surface area contributed by atoms with E-state index in [2.05, 4.69) is 12.1 Å². The van der Waals surface area contributed by atoms with Gasteiger partial charge >= 0.3 is 0 Å². The van der Waals surface area contributed by atoms with Crippen LogP contribution in [0, 0.1) is 10.1 Å². The zero-order valence-electron chi connectivity index (χ0n) is 21.5. The molecule has 42 heavy (non-hydrogen) atoms. The first-order valence-electron chi connectivity index (χ1n) is 12.9. The topological polar surface area (TPSA) is 90.6 Å². The third-order valence-corrected chi connectivity index (χ3v) is 9.41. The quantitative estimate of drug-likeness (QED) is 0.152. The van der Waals surface area contributed by atoms with E-state index in [1.807, 2.05) is 36.4 Å². The van der Waals surface area contributed by atoms with Crippen LogP contribution in [0.3, 0.4) is 0 Å². The Bertz CT molecular complexity index is 2160. The fraction of sp³-hybridized carbons (Fsp3) is 0.0968. The minimum Gasteiger partial charge on any atom is -0.457 e. The molecule has 0 N–H and O–H groups in total. The highest BCUT2D eigenvalue weighted by molar-refractivity contribution is 7.07. The highest BCUT2D eigenvalue weighted by Gasteiger charge is 2.33. The van der Waals surface area contributed by atoms with Gasteiger partial charge in [-0.3, -0.25) is 19.5 Å². The predicted molar refractivity (Wildman–Crippen MR) is 165 cm³/mol. The standard InChI is InChI=1S/C31H18Cl3N3O4S/c32-22-8-4-3-7-19(22)29-20-11-9-16-5-1-2-6-18(16)28(20)35-31-36(29)30(38)27(42-31)13-17-10-12-26(41-17)21-14-24(34)25(37(39)40)15-23(21)33/h1-8,10,12-15,29H,9,11H2/b27-13-/t29-/m1/s1. The lowest BCUT2D eigenvalue weighted by Crippen LogP contribution is -2.38. The van der Waals surface area contributed by atoms with Crippen LogP contribution in [-0.2, 0) is 6.42 Å². The van der Waals surface area contributed by atoms with Crippen molar-refractivity contribution in [3.63, 3.8) is 0 Å². The minimum absolute atomic E-state index is 0.0595. The third kappa shape index (κ3) is 4.42. The normalized spacial score (nSPS) is 16.1. The van der Waals surface area contributed by atoms with Crippen molar-refractivity contribution < 1.29 is 9.34 Å². The lowest BCUT2D eigenvalue weighted by Gasteiger charge is -2.31. The van der Waals surface area contributed by atoms with Crippen LogP contribution in [-0.4, -0.2) is 9.49 Å². The molecule has 7 rings (SSSR count). The molecule has 1 aliphatic heterocycles. The number of thiazole rings is 1. The average molecular weight is 635 g/mol. The smallest absolute Gasteiger partial charge is 0.289 e. The number of nitro benzene ring substituents is 1. The van der Waals surface area contributed by atoms with Crippen molar-refractivity contribution in [2.75, 3.05) is 0 Å². The number of hydrogen-bond donors (Lipinski definition) is 0. The van der Waals surface area contributed by atoms with Gasteiger partial charge in [-0.15, -0.1) is 0 Å². The van der Waals surface area contributed by atoms with Crippen LogP contribution in [0.25, 0.3) is 23.1 Å². The first-order chi connectivity index (χ1) is 20.3. The van der Waals surface area contributed by atoms with E-state index in [-0.39, 0.29) is 21.3 Å². The first-order valence-corrected chi connectivity index (χ1v) is 14.9. The van der Waals surface area contributed by atoms with E-state index in [0.717, 1.165) is 35.2 Å². The summed E-state index contributed by atoms with van der Waals surface area (Å²) < 4.78 is 8.16. The maximum atomic E-state index is 14.0. The van der Waals surface area contributed by atoms with Gasteiger partial charge < -0.3 is 4.42 Å². The van der Waals surface area contributed by atoms with Gasteiger partial charge in [0.25, 0.3) is 11.2 Å². The number of aromatic nitrogens is 1. The Kier molecular flexibility index (Phi) is 6.66. The van der Waals surface area contributed by atoms with E-state index < -0.39 is 11.0 Å². The van der Waals surface area contributed by atoms with Crippen molar-refractivity contribution in [1.82, 2.24) is 4.57 Å². The molecule has 5 aromatic rings. The lowest BCUT2D eigenvalue weighted by atomic mass is 9.83. The molecule has 0 radical (unpaired) electrons. The van der Waals surface area contributed by atoms with Crippen molar-refractivity contribution in [3.05, 3.63) is 146 Å². The second kappa shape index (κ2) is 10.4. The van der Waals surface area contributed by atoms with Gasteiger partial charge in [0, 0.05) is 28.3 Å². The molecule has 0 fully saturated rings. The molecule has 2 aliphatic rings. The Morgan fingerprint density at radius 1 is 0.952 bits per heavy atom. The summed E-state index contributed by atoms with van der Waals surface area (Å²) in [5, 5.41) is 11.9. The highest BCUT2D eigenvalue weighted by Crippen LogP contribution is 2.43. The van der Waals surface area contributed by atoms with E-state index >= 15 is 0 Å². The average Bonchev–Trinajstić information content (AvgIpc) is 3.57. The molecule has 0 saturated heterocycles. The second-order valence-electron chi connectivity index (χ2n) is 9.88. The van der Waals surface area contributed by atoms with Crippen LogP contribution < -0.4 is 14.9 Å². The van der Waals surface area contributed by atoms with Crippen molar-refractivity contribution in [2.45, 2.75) is 18.9 Å². The van der Waals surface area contributed by atoms with E-state index in [1.54, 1.807) is 22.8 Å². The summed E-state index contributed by atoms with van der Waals surface area (Å²) >= 11 is 20.4. The third-order valence-electron chi connectivity index (χ3n) is 7.47. The zero-order chi connectivity index (χ0) is 29.1. The van der Waals surface area contributed by atoms with Crippen LogP contribution in [0.5, 0.6) is 0 Å². The molecule has 3 aromatic carbocycles. The molecule has 0 spiro atoms. The Labute approximate surface area is 257 Å². The number of allylic oxidation sites excluding steroid dienone is 1. The van der Waals surface area contributed by atoms with Crippen LogP contribution in [0.2, 0.25) is 15.1 Å². The number of aryl methyl sites for hydroxylation is 1. The largest absolute Gasteiger partial charge is 0.457 e. The maximum absolute atomic E-state index is 14.0. The van der Waals surface area contributed by atoms with Gasteiger partial charge in [-0.25, -0.2) is 4.99 Å². The SMILES string of the molecule is O=c1/c(=C/c2ccc(-c3cc(Cl)c([N+](=O)[O-])cc3Cl)o2)sc2n1[C@H](c1ccccc1Cl)C1=C(N=2)c2ccccc2CC1. The number of benzene rings is 3. The molecule has 11 heteroatoms. The molecule has 1 atom stereocenters. The van der Waals surface area contributed by atoms with Crippen LogP contribution >= 0.6 is 46.1 Å². The number of nitro groups is 1. The Balaban J connectivity index is 1.38. The van der Waals surface area contributed by atoms with Gasteiger partial charge in [-0.05, 0) is 53.8 Å². The van der Waals surface area contributed by atoms with Crippen LogP contribution in [0.15, 0.2) is 92.6 Å². The van der Waals surface area contributed by atoms with Crippen molar-refractivity contribution in [3.8, 4) is 11.3 Å². The number of rotatable bonds is 4. The summed E-state index contributed by atoms with van der Waals surface area (Å²) in [6.45, 7) is 0. The fourth-order valence-corrected chi connectivity index (χ4v) is 7.27. The van der Waals surface area contributed by atoms with Gasteiger partial charge in [-0.1, -0.05) is 88.6 Å². The summed E-state index contributed by atoms with van der Waals surface area (Å²) in [7, 11) is 0. The summed E-state index contributed by atoms with van der Waals surface area (Å²) in [6.07, 6.45) is 3.27. The molecular formula is C31H18Cl3N3O4S. The fourth-order valence-electron chi connectivity index (χ4n) is 5.57. The van der Waals surface area contributed by atoms with Crippen molar-refractivity contribution in [1.29, 1.82) is 0 Å². The van der Waals surface area contributed by atoms with Gasteiger partial charge in [0.05, 0.1) is 26.2 Å².